The van der Waals surface area contributed by atoms with Gasteiger partial charge in [0.2, 0.25) is 5.91 Å². The summed E-state index contributed by atoms with van der Waals surface area (Å²) in [6, 6.07) is 3.87. The summed E-state index contributed by atoms with van der Waals surface area (Å²) in [5.74, 6) is 0.0145. The van der Waals surface area contributed by atoms with E-state index in [1.54, 1.807) is 19.3 Å². The van der Waals surface area contributed by atoms with E-state index in [9.17, 15) is 9.59 Å². The number of hydrogen-bond donors (Lipinski definition) is 0. The van der Waals surface area contributed by atoms with Crippen molar-refractivity contribution in [2.45, 2.75) is 38.8 Å². The zero-order valence-electron chi connectivity index (χ0n) is 12.5. The monoisotopic (exact) mass is 288 g/mol. The van der Waals surface area contributed by atoms with Crippen LogP contribution in [0.1, 0.15) is 26.2 Å². The molecule has 0 bridgehead atoms. The highest BCUT2D eigenvalue weighted by Crippen LogP contribution is 2.17. The Kier molecular flexibility index (Phi) is 3.53. The first-order valence-corrected chi connectivity index (χ1v) is 7.39. The number of pyridine rings is 1. The number of imidazole rings is 1. The van der Waals surface area contributed by atoms with Gasteiger partial charge in [-0.3, -0.25) is 13.9 Å². The molecule has 1 fully saturated rings. The minimum atomic E-state index is -0.193. The highest BCUT2D eigenvalue weighted by atomic mass is 16.2. The Morgan fingerprint density at radius 2 is 2.24 bits per heavy atom. The molecular formula is C15H20N4O2. The summed E-state index contributed by atoms with van der Waals surface area (Å²) < 4.78 is 3.01. The lowest BCUT2D eigenvalue weighted by molar-refractivity contribution is -0.135. The third-order valence-electron chi connectivity index (χ3n) is 4.31. The van der Waals surface area contributed by atoms with Crippen LogP contribution >= 0.6 is 0 Å². The summed E-state index contributed by atoms with van der Waals surface area (Å²) in [5.41, 5.74) is 1.13. The van der Waals surface area contributed by atoms with Crippen LogP contribution in [0.3, 0.4) is 0 Å². The van der Waals surface area contributed by atoms with Gasteiger partial charge in [0.1, 0.15) is 6.54 Å². The van der Waals surface area contributed by atoms with Crippen molar-refractivity contribution in [1.29, 1.82) is 0 Å². The van der Waals surface area contributed by atoms with Gasteiger partial charge >= 0.3 is 5.69 Å². The van der Waals surface area contributed by atoms with Gasteiger partial charge in [-0.15, -0.1) is 0 Å². The van der Waals surface area contributed by atoms with Crippen LogP contribution in [0.2, 0.25) is 0 Å². The van der Waals surface area contributed by atoms with Crippen LogP contribution in [-0.4, -0.2) is 37.5 Å². The van der Waals surface area contributed by atoms with Gasteiger partial charge in [-0.2, -0.15) is 0 Å². The van der Waals surface area contributed by atoms with Crippen LogP contribution < -0.4 is 5.69 Å². The van der Waals surface area contributed by atoms with Gasteiger partial charge < -0.3 is 4.90 Å². The van der Waals surface area contributed by atoms with Crippen molar-refractivity contribution < 1.29 is 4.79 Å². The Morgan fingerprint density at radius 3 is 3.00 bits per heavy atom. The second-order valence-electron chi connectivity index (χ2n) is 5.71. The third kappa shape index (κ3) is 2.34. The first kappa shape index (κ1) is 13.9. The third-order valence-corrected chi connectivity index (χ3v) is 4.31. The molecule has 6 nitrogen and oxygen atoms in total. The number of aromatic nitrogens is 3. The van der Waals surface area contributed by atoms with Crippen molar-refractivity contribution in [3.63, 3.8) is 0 Å². The van der Waals surface area contributed by atoms with E-state index in [4.69, 9.17) is 0 Å². The maximum Gasteiger partial charge on any atom is 0.330 e. The summed E-state index contributed by atoms with van der Waals surface area (Å²) in [4.78, 5) is 30.9. The van der Waals surface area contributed by atoms with Crippen LogP contribution in [0, 0.1) is 0 Å². The second-order valence-corrected chi connectivity index (χ2v) is 5.71. The van der Waals surface area contributed by atoms with Crippen molar-refractivity contribution in [3.8, 4) is 0 Å². The molecule has 1 saturated heterocycles. The quantitative estimate of drug-likeness (QED) is 0.832. The molecule has 3 rings (SSSR count). The van der Waals surface area contributed by atoms with Gasteiger partial charge in [-0.1, -0.05) is 0 Å². The zero-order chi connectivity index (χ0) is 15.0. The van der Waals surface area contributed by atoms with Crippen molar-refractivity contribution in [2.24, 2.45) is 7.05 Å². The van der Waals surface area contributed by atoms with Crippen molar-refractivity contribution in [3.05, 3.63) is 28.8 Å². The average Bonchev–Trinajstić information content (AvgIpc) is 2.73. The molecule has 0 saturated carbocycles. The maximum atomic E-state index is 12.5. The Bertz CT molecular complexity index is 731. The van der Waals surface area contributed by atoms with Gasteiger partial charge in [0.25, 0.3) is 0 Å². The Morgan fingerprint density at radius 1 is 1.43 bits per heavy atom. The first-order valence-electron chi connectivity index (χ1n) is 7.39. The average molecular weight is 288 g/mol. The molecule has 0 unspecified atom stereocenters. The van der Waals surface area contributed by atoms with Gasteiger partial charge in [-0.25, -0.2) is 9.78 Å². The van der Waals surface area contributed by atoms with E-state index in [0.29, 0.717) is 11.2 Å². The molecular weight excluding hydrogens is 268 g/mol. The molecule has 0 spiro atoms. The number of carbonyl (C=O) groups is 1. The highest BCUT2D eigenvalue weighted by molar-refractivity contribution is 5.79. The molecule has 0 radical (unpaired) electrons. The summed E-state index contributed by atoms with van der Waals surface area (Å²) in [6.45, 7) is 2.95. The minimum absolute atomic E-state index is 0.0145. The number of hydrogen-bond acceptors (Lipinski definition) is 3. The second kappa shape index (κ2) is 5.35. The van der Waals surface area contributed by atoms with E-state index in [-0.39, 0.29) is 24.2 Å². The zero-order valence-corrected chi connectivity index (χ0v) is 12.5. The molecule has 0 aliphatic carbocycles. The van der Waals surface area contributed by atoms with E-state index in [1.807, 2.05) is 11.0 Å². The molecule has 2 aromatic heterocycles. The lowest BCUT2D eigenvalue weighted by atomic mass is 10.0. The van der Waals surface area contributed by atoms with Gasteiger partial charge in [0, 0.05) is 25.8 Å². The van der Waals surface area contributed by atoms with E-state index in [1.165, 1.54) is 15.6 Å². The molecule has 1 atom stereocenters. The lowest BCUT2D eigenvalue weighted by Crippen LogP contribution is -2.44. The number of likely N-dealkylation sites (tertiary alicyclic amines) is 1. The van der Waals surface area contributed by atoms with Crippen molar-refractivity contribution in [1.82, 2.24) is 19.0 Å². The van der Waals surface area contributed by atoms with E-state index in [2.05, 4.69) is 11.9 Å². The molecule has 112 valence electrons. The van der Waals surface area contributed by atoms with Gasteiger partial charge in [0.05, 0.1) is 5.52 Å². The van der Waals surface area contributed by atoms with Crippen LogP contribution in [0.25, 0.3) is 11.2 Å². The van der Waals surface area contributed by atoms with E-state index < -0.39 is 0 Å². The highest BCUT2D eigenvalue weighted by Gasteiger charge is 2.24. The van der Waals surface area contributed by atoms with Gasteiger partial charge in [0.15, 0.2) is 5.65 Å². The molecule has 21 heavy (non-hydrogen) atoms. The van der Waals surface area contributed by atoms with E-state index in [0.717, 1.165) is 19.4 Å². The molecule has 6 heteroatoms. The standard InChI is InChI=1S/C15H20N4O2/c1-11-6-3-4-9-18(11)13(20)10-19-12-7-5-8-16-14(12)17(2)15(19)21/h5,7-8,11H,3-4,6,9-10H2,1-2H3/t11-/m0/s1. The fourth-order valence-electron chi connectivity index (χ4n) is 3.08. The normalized spacial score (nSPS) is 19.1. The molecule has 0 N–H and O–H groups in total. The van der Waals surface area contributed by atoms with Crippen molar-refractivity contribution in [2.75, 3.05) is 6.54 Å². The number of nitrogens with zero attached hydrogens (tertiary/aromatic N) is 4. The topological polar surface area (TPSA) is 60.1 Å². The number of carbonyl (C=O) groups excluding carboxylic acids is 1. The lowest BCUT2D eigenvalue weighted by Gasteiger charge is -2.33. The number of amides is 1. The molecule has 1 aliphatic rings. The number of rotatable bonds is 2. The SMILES string of the molecule is C[C@H]1CCCCN1C(=O)Cn1c(=O)n(C)c2ncccc21. The Labute approximate surface area is 123 Å². The Balaban J connectivity index is 1.93. The van der Waals surface area contributed by atoms with Crippen molar-refractivity contribution >= 4 is 17.1 Å². The molecule has 2 aromatic rings. The smallest absolute Gasteiger partial charge is 0.330 e. The van der Waals surface area contributed by atoms with Crippen LogP contribution in [0.5, 0.6) is 0 Å². The maximum absolute atomic E-state index is 12.5. The minimum Gasteiger partial charge on any atom is -0.338 e. The fourth-order valence-corrected chi connectivity index (χ4v) is 3.08. The molecule has 1 amide bonds. The summed E-state index contributed by atoms with van der Waals surface area (Å²) in [5, 5.41) is 0. The number of fused-ring (bicyclic) bond motifs is 1. The van der Waals surface area contributed by atoms with Crippen LogP contribution in [0.4, 0.5) is 0 Å². The first-order chi connectivity index (χ1) is 10.1. The van der Waals surface area contributed by atoms with Crippen LogP contribution in [0.15, 0.2) is 23.1 Å². The number of aryl methyl sites for hydroxylation is 1. The molecule has 0 aromatic carbocycles. The predicted molar refractivity (Wildman–Crippen MR) is 80.0 cm³/mol. The largest absolute Gasteiger partial charge is 0.338 e. The summed E-state index contributed by atoms with van der Waals surface area (Å²) in [6.07, 6.45) is 4.91. The predicted octanol–water partition coefficient (Wildman–Crippen LogP) is 1.14. The van der Waals surface area contributed by atoms with Crippen LogP contribution in [-0.2, 0) is 18.4 Å². The molecule has 1 aliphatic heterocycles. The summed E-state index contributed by atoms with van der Waals surface area (Å²) >= 11 is 0. The Hall–Kier alpha value is -2.11. The number of piperidine rings is 1. The fraction of sp³-hybridized carbons (Fsp3) is 0.533. The van der Waals surface area contributed by atoms with E-state index >= 15 is 0 Å². The summed E-state index contributed by atoms with van der Waals surface area (Å²) in [7, 11) is 1.68. The van der Waals surface area contributed by atoms with Gasteiger partial charge in [-0.05, 0) is 38.3 Å². The molecule has 3 heterocycles.